The molecule has 9 nitrogen and oxygen atoms in total. The number of hydrogen-bond donors (Lipinski definition) is 1. The van der Waals surface area contributed by atoms with Gasteiger partial charge in [0.2, 0.25) is 0 Å². The number of nitrogens with zero attached hydrogens (tertiary/aromatic N) is 6. The molecule has 1 N–H and O–H groups in total. The summed E-state index contributed by atoms with van der Waals surface area (Å²) < 4.78 is 58.1. The molecule has 230 valence electrons. The number of amides is 1. The van der Waals surface area contributed by atoms with E-state index in [1.807, 2.05) is 24.9 Å². The third-order valence-corrected chi connectivity index (χ3v) is 8.30. The Morgan fingerprint density at radius 2 is 1.67 bits per heavy atom. The average molecular weight is 602 g/mol. The second-order valence-electron chi connectivity index (χ2n) is 11.3. The smallest absolute Gasteiger partial charge is 0.367 e. The monoisotopic (exact) mass is 601 g/mol. The van der Waals surface area contributed by atoms with Crippen molar-refractivity contribution in [1.82, 2.24) is 19.4 Å². The van der Waals surface area contributed by atoms with E-state index in [-0.39, 0.29) is 17.3 Å². The second kappa shape index (κ2) is 12.0. The first-order valence-corrected chi connectivity index (χ1v) is 14.1. The van der Waals surface area contributed by atoms with Crippen molar-refractivity contribution in [2.24, 2.45) is 7.05 Å². The van der Waals surface area contributed by atoms with Gasteiger partial charge in [-0.2, -0.15) is 13.2 Å². The number of piperazine rings is 2. The number of alkyl halides is 3. The Hall–Kier alpha value is -3.97. The minimum atomic E-state index is -4.93. The van der Waals surface area contributed by atoms with Crippen LogP contribution in [0, 0.1) is 5.82 Å². The molecule has 2 aromatic heterocycles. The van der Waals surface area contributed by atoms with Crippen molar-refractivity contribution in [2.75, 3.05) is 75.0 Å². The lowest BCUT2D eigenvalue weighted by molar-refractivity contribution is -0.138. The van der Waals surface area contributed by atoms with Gasteiger partial charge in [0.15, 0.2) is 0 Å². The highest BCUT2D eigenvalue weighted by atomic mass is 19.4. The van der Waals surface area contributed by atoms with Gasteiger partial charge in [0.1, 0.15) is 11.6 Å². The van der Waals surface area contributed by atoms with E-state index in [1.54, 1.807) is 12.3 Å². The maximum atomic E-state index is 15.7. The Morgan fingerprint density at radius 1 is 0.977 bits per heavy atom. The summed E-state index contributed by atoms with van der Waals surface area (Å²) in [4.78, 5) is 38.4. The summed E-state index contributed by atoms with van der Waals surface area (Å²) in [5, 5.41) is 2.60. The molecular weight excluding hydrogens is 566 g/mol. The van der Waals surface area contributed by atoms with Gasteiger partial charge >= 0.3 is 6.18 Å². The summed E-state index contributed by atoms with van der Waals surface area (Å²) in [6, 6.07) is 6.83. The van der Waals surface area contributed by atoms with Gasteiger partial charge < -0.3 is 29.5 Å². The first kappa shape index (κ1) is 30.5. The van der Waals surface area contributed by atoms with Crippen LogP contribution in [0.2, 0.25) is 0 Å². The van der Waals surface area contributed by atoms with Crippen LogP contribution in [0.3, 0.4) is 0 Å². The van der Waals surface area contributed by atoms with Crippen LogP contribution in [-0.4, -0.2) is 91.2 Å². The summed E-state index contributed by atoms with van der Waals surface area (Å²) in [5.41, 5.74) is -1.83. The van der Waals surface area contributed by atoms with E-state index < -0.39 is 34.6 Å². The maximum Gasteiger partial charge on any atom is 0.417 e. The molecule has 3 aromatic rings. The SMILES string of the molecule is CC1CN(c2cc(F)c(-c3ccc(N4CCN(C)CC4)nc3)cc2NC(=O)c2cn(C)c(=O)cc2C(F)(F)F)CCN1C. The number of carbonyl (C=O) groups is 1. The molecular formula is C30H35F4N7O2. The lowest BCUT2D eigenvalue weighted by Gasteiger charge is -2.39. The number of aryl methyl sites for hydroxylation is 1. The number of benzene rings is 1. The Balaban J connectivity index is 1.53. The van der Waals surface area contributed by atoms with E-state index >= 15 is 4.39 Å². The van der Waals surface area contributed by atoms with Gasteiger partial charge in [-0.3, -0.25) is 9.59 Å². The zero-order valence-electron chi connectivity index (χ0n) is 24.6. The Kier molecular flexibility index (Phi) is 8.48. The summed E-state index contributed by atoms with van der Waals surface area (Å²) >= 11 is 0. The second-order valence-corrected chi connectivity index (χ2v) is 11.3. The molecule has 1 unspecified atom stereocenters. The Morgan fingerprint density at radius 3 is 2.30 bits per heavy atom. The van der Waals surface area contributed by atoms with E-state index in [2.05, 4.69) is 32.0 Å². The zero-order chi connectivity index (χ0) is 31.1. The van der Waals surface area contributed by atoms with Gasteiger partial charge in [-0.1, -0.05) is 0 Å². The molecule has 1 aromatic carbocycles. The van der Waals surface area contributed by atoms with Crippen molar-refractivity contribution in [1.29, 1.82) is 0 Å². The van der Waals surface area contributed by atoms with E-state index in [1.165, 1.54) is 19.2 Å². The van der Waals surface area contributed by atoms with Crippen LogP contribution in [0.4, 0.5) is 34.8 Å². The minimum Gasteiger partial charge on any atom is -0.367 e. The molecule has 0 bridgehead atoms. The molecule has 0 aliphatic carbocycles. The number of aromatic nitrogens is 2. The van der Waals surface area contributed by atoms with Gasteiger partial charge in [-0.25, -0.2) is 9.37 Å². The highest BCUT2D eigenvalue weighted by Gasteiger charge is 2.36. The van der Waals surface area contributed by atoms with E-state index in [0.717, 1.165) is 42.8 Å². The maximum absolute atomic E-state index is 15.7. The largest absolute Gasteiger partial charge is 0.417 e. The first-order chi connectivity index (χ1) is 20.3. The topological polar surface area (TPSA) is 77.0 Å². The molecule has 43 heavy (non-hydrogen) atoms. The van der Waals surface area contributed by atoms with Crippen molar-refractivity contribution in [3.63, 3.8) is 0 Å². The van der Waals surface area contributed by atoms with Gasteiger partial charge in [0, 0.05) is 88.5 Å². The van der Waals surface area contributed by atoms with Gasteiger partial charge in [0.05, 0.1) is 22.5 Å². The minimum absolute atomic E-state index is 0.117. The average Bonchev–Trinajstić information content (AvgIpc) is 2.96. The van der Waals surface area contributed by atoms with Crippen molar-refractivity contribution in [2.45, 2.75) is 19.1 Å². The molecule has 2 saturated heterocycles. The van der Waals surface area contributed by atoms with Crippen LogP contribution in [0.5, 0.6) is 0 Å². The van der Waals surface area contributed by atoms with Crippen molar-refractivity contribution < 1.29 is 22.4 Å². The van der Waals surface area contributed by atoms with Crippen LogP contribution in [-0.2, 0) is 13.2 Å². The molecule has 1 atom stereocenters. The molecule has 2 aliphatic heterocycles. The number of anilines is 3. The van der Waals surface area contributed by atoms with E-state index in [4.69, 9.17) is 0 Å². The molecule has 4 heterocycles. The number of pyridine rings is 2. The molecule has 0 spiro atoms. The summed E-state index contributed by atoms with van der Waals surface area (Å²) in [6.45, 7) is 7.17. The van der Waals surface area contributed by atoms with Gasteiger partial charge in [0.25, 0.3) is 11.5 Å². The van der Waals surface area contributed by atoms with Crippen molar-refractivity contribution >= 4 is 23.1 Å². The fourth-order valence-electron chi connectivity index (χ4n) is 5.42. The van der Waals surface area contributed by atoms with Crippen LogP contribution >= 0.6 is 0 Å². The number of hydrogen-bond acceptors (Lipinski definition) is 7. The zero-order valence-corrected chi connectivity index (χ0v) is 24.6. The first-order valence-electron chi connectivity index (χ1n) is 14.1. The molecule has 2 fully saturated rings. The van der Waals surface area contributed by atoms with Crippen LogP contribution < -0.4 is 20.7 Å². The Bertz CT molecular complexity index is 1550. The van der Waals surface area contributed by atoms with Crippen LogP contribution in [0.15, 0.2) is 47.5 Å². The lowest BCUT2D eigenvalue weighted by Crippen LogP contribution is -2.50. The highest BCUT2D eigenvalue weighted by Crippen LogP contribution is 2.37. The third kappa shape index (κ3) is 6.52. The van der Waals surface area contributed by atoms with E-state index in [0.29, 0.717) is 37.0 Å². The van der Waals surface area contributed by atoms with E-state index in [9.17, 15) is 22.8 Å². The summed E-state index contributed by atoms with van der Waals surface area (Å²) in [5.74, 6) is -0.845. The number of likely N-dealkylation sites (N-methyl/N-ethyl adjacent to an activating group) is 2. The van der Waals surface area contributed by atoms with Gasteiger partial charge in [-0.15, -0.1) is 0 Å². The standard InChI is InChI=1S/C30H35F4N7O2/c1-19-17-41(12-9-38(19)3)26-15-24(31)21(20-5-6-27(35-16-20)40-10-7-37(2)8-11-40)13-25(26)36-29(43)22-18-39(4)28(42)14-23(22)30(32,33)34/h5-6,13-16,18-19H,7-12,17H2,1-4H3,(H,36,43). The number of rotatable bonds is 5. The lowest BCUT2D eigenvalue weighted by atomic mass is 10.0. The molecule has 2 aliphatic rings. The van der Waals surface area contributed by atoms with Crippen LogP contribution in [0.25, 0.3) is 11.1 Å². The quantitative estimate of drug-likeness (QED) is 0.447. The van der Waals surface area contributed by atoms with Gasteiger partial charge in [-0.05, 0) is 45.3 Å². The molecule has 13 heteroatoms. The van der Waals surface area contributed by atoms with Crippen LogP contribution in [0.1, 0.15) is 22.8 Å². The van der Waals surface area contributed by atoms with Crippen molar-refractivity contribution in [3.05, 3.63) is 70.0 Å². The third-order valence-electron chi connectivity index (χ3n) is 8.30. The van der Waals surface area contributed by atoms with Crippen molar-refractivity contribution in [3.8, 4) is 11.1 Å². The molecule has 0 radical (unpaired) electrons. The predicted octanol–water partition coefficient (Wildman–Crippen LogP) is 3.75. The molecule has 0 saturated carbocycles. The summed E-state index contributed by atoms with van der Waals surface area (Å²) in [6.07, 6.45) is -2.51. The molecule has 5 rings (SSSR count). The number of nitrogens with one attached hydrogen (secondary N) is 1. The fraction of sp³-hybridized carbons (Fsp3) is 0.433. The Labute approximate surface area is 247 Å². The highest BCUT2D eigenvalue weighted by molar-refractivity contribution is 6.07. The summed E-state index contributed by atoms with van der Waals surface area (Å²) in [7, 11) is 5.30. The predicted molar refractivity (Wildman–Crippen MR) is 158 cm³/mol. The normalized spacial score (nSPS) is 18.7. The number of carbonyl (C=O) groups excluding carboxylic acids is 1. The number of halogens is 4. The molecule has 1 amide bonds. The fourth-order valence-corrected chi connectivity index (χ4v) is 5.42.